The Hall–Kier alpha value is -0.510. The van der Waals surface area contributed by atoms with Crippen LogP contribution in [0.1, 0.15) is 0 Å². The van der Waals surface area contributed by atoms with Crippen molar-refractivity contribution in [2.75, 3.05) is 0 Å². The first-order valence-electron chi connectivity index (χ1n) is 1.60. The van der Waals surface area contributed by atoms with Crippen LogP contribution in [0.2, 0.25) is 0 Å². The minimum atomic E-state index is -0.0532. The molecule has 0 spiro atoms. The fourth-order valence-electron chi connectivity index (χ4n) is 0.0898. The van der Waals surface area contributed by atoms with E-state index in [1.807, 2.05) is 0 Å². The van der Waals surface area contributed by atoms with Crippen LogP contribution in [-0.4, -0.2) is 5.84 Å². The molecule has 0 unspecified atom stereocenters. The molecule has 0 amide bonds. The number of nitrogens with two attached hydrogens (primary N) is 2. The Morgan fingerprint density at radius 2 is 2.14 bits per heavy atom. The summed E-state index contributed by atoms with van der Waals surface area (Å²) in [5.74, 6) is -0.0532. The van der Waals surface area contributed by atoms with E-state index in [2.05, 4.69) is 15.9 Å². The molecule has 0 bridgehead atoms. The lowest BCUT2D eigenvalue weighted by molar-refractivity contribution is 1.45. The van der Waals surface area contributed by atoms with E-state index in [1.165, 1.54) is 6.20 Å². The Bertz CT molecular complexity index is 107. The first kappa shape index (κ1) is 6.49. The van der Waals surface area contributed by atoms with E-state index in [9.17, 15) is 0 Å². The van der Waals surface area contributed by atoms with Gasteiger partial charge in [0, 0.05) is 6.20 Å². The van der Waals surface area contributed by atoms with Gasteiger partial charge in [-0.3, -0.25) is 5.41 Å². The van der Waals surface area contributed by atoms with E-state index in [1.54, 1.807) is 0 Å². The van der Waals surface area contributed by atoms with Crippen LogP contribution in [0.3, 0.4) is 0 Å². The third-order valence-corrected chi connectivity index (χ3v) is 1.10. The van der Waals surface area contributed by atoms with Crippen molar-refractivity contribution in [3.05, 3.63) is 10.7 Å². The summed E-state index contributed by atoms with van der Waals surface area (Å²) in [5.41, 5.74) is 9.88. The van der Waals surface area contributed by atoms with Crippen LogP contribution < -0.4 is 11.5 Å². The highest BCUT2D eigenvalue weighted by Crippen LogP contribution is 1.98. The van der Waals surface area contributed by atoms with Crippen LogP contribution in [0.4, 0.5) is 0 Å². The molecule has 4 heteroatoms. The molecule has 0 heterocycles. The van der Waals surface area contributed by atoms with Gasteiger partial charge in [0.15, 0.2) is 0 Å². The van der Waals surface area contributed by atoms with E-state index in [4.69, 9.17) is 16.9 Å². The molecule has 0 radical (unpaired) electrons. The van der Waals surface area contributed by atoms with Gasteiger partial charge in [-0.2, -0.15) is 0 Å². The van der Waals surface area contributed by atoms with Gasteiger partial charge in [0.25, 0.3) is 0 Å². The normalized spacial score (nSPS) is 11.3. The number of hydrogen-bond acceptors (Lipinski definition) is 2. The summed E-state index contributed by atoms with van der Waals surface area (Å²) in [7, 11) is 0. The summed E-state index contributed by atoms with van der Waals surface area (Å²) in [6, 6.07) is 0. The quantitative estimate of drug-likeness (QED) is 0.380. The molecule has 0 fully saturated rings. The fourth-order valence-corrected chi connectivity index (χ4v) is 0.0898. The van der Waals surface area contributed by atoms with Gasteiger partial charge in [0.2, 0.25) is 0 Å². The second-order valence-corrected chi connectivity index (χ2v) is 1.78. The van der Waals surface area contributed by atoms with E-state index in [0.717, 1.165) is 0 Å². The Balaban J connectivity index is 3.82. The molecular weight excluding hydrogens is 158 g/mol. The molecule has 0 aromatic rings. The third kappa shape index (κ3) is 2.22. The van der Waals surface area contributed by atoms with Gasteiger partial charge >= 0.3 is 0 Å². The largest absolute Gasteiger partial charge is 0.404 e. The summed E-state index contributed by atoms with van der Waals surface area (Å²) in [4.78, 5) is 0. The SMILES string of the molecule is N=C(N)/C(Br)=C\N. The number of rotatable bonds is 1. The molecule has 40 valence electrons. The van der Waals surface area contributed by atoms with Gasteiger partial charge in [-0.15, -0.1) is 0 Å². The van der Waals surface area contributed by atoms with E-state index in [0.29, 0.717) is 4.48 Å². The molecule has 0 aliphatic carbocycles. The summed E-state index contributed by atoms with van der Waals surface area (Å²) in [5, 5.41) is 6.68. The Morgan fingerprint density at radius 3 is 2.14 bits per heavy atom. The molecule has 0 saturated carbocycles. The maximum atomic E-state index is 6.68. The second kappa shape index (κ2) is 2.63. The number of hydrogen-bond donors (Lipinski definition) is 3. The Labute approximate surface area is 50.0 Å². The highest BCUT2D eigenvalue weighted by molar-refractivity contribution is 9.12. The van der Waals surface area contributed by atoms with E-state index < -0.39 is 0 Å². The minimum absolute atomic E-state index is 0.0532. The average Bonchev–Trinajstić information content (AvgIpc) is 1.65. The van der Waals surface area contributed by atoms with Crippen LogP contribution in [0.5, 0.6) is 0 Å². The van der Waals surface area contributed by atoms with Crippen molar-refractivity contribution in [3.63, 3.8) is 0 Å². The number of nitrogens with one attached hydrogen (secondary N) is 1. The monoisotopic (exact) mass is 163 g/mol. The maximum absolute atomic E-state index is 6.68. The van der Waals surface area contributed by atoms with Crippen LogP contribution in [0.25, 0.3) is 0 Å². The zero-order chi connectivity index (χ0) is 5.86. The highest BCUT2D eigenvalue weighted by Gasteiger charge is 1.88. The number of amidine groups is 1. The summed E-state index contributed by atoms with van der Waals surface area (Å²) >= 11 is 2.93. The Morgan fingerprint density at radius 1 is 1.71 bits per heavy atom. The van der Waals surface area contributed by atoms with Gasteiger partial charge in [0.1, 0.15) is 5.84 Å². The molecule has 0 aromatic heterocycles. The molecule has 0 saturated heterocycles. The standard InChI is InChI=1S/C3H6BrN3/c4-2(1-5)3(6)7/h1H,5H2,(H3,6,7)/b2-1+. The first-order chi connectivity index (χ1) is 3.18. The molecule has 0 aliphatic heterocycles. The summed E-state index contributed by atoms with van der Waals surface area (Å²) in [6.07, 6.45) is 1.22. The first-order valence-corrected chi connectivity index (χ1v) is 2.39. The van der Waals surface area contributed by atoms with Crippen LogP contribution >= 0.6 is 15.9 Å². The molecule has 7 heavy (non-hydrogen) atoms. The second-order valence-electron chi connectivity index (χ2n) is 0.928. The van der Waals surface area contributed by atoms with Crippen molar-refractivity contribution in [2.24, 2.45) is 11.5 Å². The minimum Gasteiger partial charge on any atom is -0.404 e. The highest BCUT2D eigenvalue weighted by atomic mass is 79.9. The lowest BCUT2D eigenvalue weighted by atomic mass is 10.6. The lowest BCUT2D eigenvalue weighted by Gasteiger charge is -1.87. The fraction of sp³-hybridized carbons (Fsp3) is 0. The Kier molecular flexibility index (Phi) is 2.44. The molecule has 0 atom stereocenters. The number of halogens is 1. The van der Waals surface area contributed by atoms with Crippen molar-refractivity contribution in [1.82, 2.24) is 0 Å². The van der Waals surface area contributed by atoms with Gasteiger partial charge in [-0.1, -0.05) is 0 Å². The zero-order valence-corrected chi connectivity index (χ0v) is 5.20. The van der Waals surface area contributed by atoms with Crippen molar-refractivity contribution in [1.29, 1.82) is 5.41 Å². The maximum Gasteiger partial charge on any atom is 0.131 e. The van der Waals surface area contributed by atoms with Gasteiger partial charge in [-0.05, 0) is 15.9 Å². The van der Waals surface area contributed by atoms with Crippen molar-refractivity contribution in [2.45, 2.75) is 0 Å². The van der Waals surface area contributed by atoms with Crippen molar-refractivity contribution < 1.29 is 0 Å². The molecular formula is C3H6BrN3. The molecule has 0 rings (SSSR count). The predicted octanol–water partition coefficient (Wildman–Crippen LogP) is 0.117. The van der Waals surface area contributed by atoms with Gasteiger partial charge in [0.05, 0.1) is 4.48 Å². The summed E-state index contributed by atoms with van der Waals surface area (Å²) in [6.45, 7) is 0. The van der Waals surface area contributed by atoms with Crippen LogP contribution in [0, 0.1) is 5.41 Å². The van der Waals surface area contributed by atoms with Crippen molar-refractivity contribution >= 4 is 21.8 Å². The smallest absolute Gasteiger partial charge is 0.131 e. The zero-order valence-electron chi connectivity index (χ0n) is 3.61. The average molecular weight is 164 g/mol. The lowest BCUT2D eigenvalue weighted by Crippen LogP contribution is -2.09. The van der Waals surface area contributed by atoms with Crippen LogP contribution in [-0.2, 0) is 0 Å². The van der Waals surface area contributed by atoms with E-state index >= 15 is 0 Å². The van der Waals surface area contributed by atoms with Gasteiger partial charge in [-0.25, -0.2) is 0 Å². The van der Waals surface area contributed by atoms with E-state index in [-0.39, 0.29) is 5.84 Å². The predicted molar refractivity (Wildman–Crippen MR) is 33.1 cm³/mol. The molecule has 0 aromatic carbocycles. The topological polar surface area (TPSA) is 75.9 Å². The molecule has 5 N–H and O–H groups in total. The van der Waals surface area contributed by atoms with Crippen LogP contribution in [0.15, 0.2) is 10.7 Å². The summed E-state index contributed by atoms with van der Waals surface area (Å²) < 4.78 is 0.424. The third-order valence-electron chi connectivity index (χ3n) is 0.404. The molecule has 0 aliphatic rings. The van der Waals surface area contributed by atoms with Gasteiger partial charge < -0.3 is 11.5 Å². The van der Waals surface area contributed by atoms with Crippen molar-refractivity contribution in [3.8, 4) is 0 Å². The molecule has 3 nitrogen and oxygen atoms in total.